The van der Waals surface area contributed by atoms with Crippen LogP contribution in [0, 0.1) is 0 Å². The SMILES string of the molecule is CC(C)(N)CCN1Cc2ccccc2C1=O. The van der Waals surface area contributed by atoms with Gasteiger partial charge in [0.1, 0.15) is 0 Å². The summed E-state index contributed by atoms with van der Waals surface area (Å²) in [5, 5.41) is 0. The standard InChI is InChI=1S/C13H18N2O/c1-13(2,14)7-8-15-9-10-5-3-4-6-11(10)12(15)16/h3-6H,7-9,14H2,1-2H3. The van der Waals surface area contributed by atoms with Crippen molar-refractivity contribution in [3.63, 3.8) is 0 Å². The molecule has 2 rings (SSSR count). The average molecular weight is 218 g/mol. The summed E-state index contributed by atoms with van der Waals surface area (Å²) in [5.74, 6) is 0.139. The minimum atomic E-state index is -0.213. The van der Waals surface area contributed by atoms with Crippen LogP contribution in [0.3, 0.4) is 0 Å². The summed E-state index contributed by atoms with van der Waals surface area (Å²) in [6.45, 7) is 5.43. The minimum Gasteiger partial charge on any atom is -0.334 e. The van der Waals surface area contributed by atoms with Crippen LogP contribution < -0.4 is 5.73 Å². The molecule has 0 unspecified atom stereocenters. The molecule has 1 aromatic rings. The lowest BCUT2D eigenvalue weighted by Crippen LogP contribution is -2.37. The van der Waals surface area contributed by atoms with E-state index in [1.165, 1.54) is 0 Å². The van der Waals surface area contributed by atoms with Crippen molar-refractivity contribution in [2.75, 3.05) is 6.54 Å². The number of nitrogens with two attached hydrogens (primary N) is 1. The van der Waals surface area contributed by atoms with Crippen molar-refractivity contribution in [1.29, 1.82) is 0 Å². The number of rotatable bonds is 3. The Kier molecular flexibility index (Phi) is 2.72. The van der Waals surface area contributed by atoms with Gasteiger partial charge in [0.15, 0.2) is 0 Å². The highest BCUT2D eigenvalue weighted by molar-refractivity contribution is 5.98. The smallest absolute Gasteiger partial charge is 0.254 e. The first-order valence-electron chi connectivity index (χ1n) is 5.63. The predicted molar refractivity (Wildman–Crippen MR) is 64.1 cm³/mol. The van der Waals surface area contributed by atoms with Crippen molar-refractivity contribution in [2.45, 2.75) is 32.4 Å². The third-order valence-electron chi connectivity index (χ3n) is 2.92. The highest BCUT2D eigenvalue weighted by Crippen LogP contribution is 2.23. The van der Waals surface area contributed by atoms with Crippen molar-refractivity contribution in [2.24, 2.45) is 5.73 Å². The molecule has 3 nitrogen and oxygen atoms in total. The summed E-state index contributed by atoms with van der Waals surface area (Å²) in [7, 11) is 0. The maximum Gasteiger partial charge on any atom is 0.254 e. The van der Waals surface area contributed by atoms with Gasteiger partial charge in [-0.15, -0.1) is 0 Å². The van der Waals surface area contributed by atoms with E-state index in [-0.39, 0.29) is 11.4 Å². The van der Waals surface area contributed by atoms with E-state index >= 15 is 0 Å². The van der Waals surface area contributed by atoms with Crippen LogP contribution >= 0.6 is 0 Å². The van der Waals surface area contributed by atoms with E-state index in [1.807, 2.05) is 43.0 Å². The van der Waals surface area contributed by atoms with Gasteiger partial charge >= 0.3 is 0 Å². The summed E-state index contributed by atoms with van der Waals surface area (Å²) in [6, 6.07) is 7.79. The van der Waals surface area contributed by atoms with Crippen molar-refractivity contribution < 1.29 is 4.79 Å². The highest BCUT2D eigenvalue weighted by atomic mass is 16.2. The van der Waals surface area contributed by atoms with E-state index in [0.717, 1.165) is 30.6 Å². The zero-order valence-corrected chi connectivity index (χ0v) is 9.86. The van der Waals surface area contributed by atoms with Crippen LogP contribution in [0.2, 0.25) is 0 Å². The first kappa shape index (κ1) is 11.1. The average Bonchev–Trinajstić information content (AvgIpc) is 2.53. The van der Waals surface area contributed by atoms with Gasteiger partial charge in [0.2, 0.25) is 0 Å². The minimum absolute atomic E-state index is 0.139. The molecule has 0 spiro atoms. The molecule has 2 N–H and O–H groups in total. The van der Waals surface area contributed by atoms with Crippen LogP contribution in [0.25, 0.3) is 0 Å². The van der Waals surface area contributed by atoms with Crippen LogP contribution in [0.4, 0.5) is 0 Å². The zero-order chi connectivity index (χ0) is 11.8. The van der Waals surface area contributed by atoms with Gasteiger partial charge in [0, 0.05) is 24.2 Å². The molecule has 0 saturated heterocycles. The molecular formula is C13H18N2O. The van der Waals surface area contributed by atoms with Crippen LogP contribution in [0.5, 0.6) is 0 Å². The van der Waals surface area contributed by atoms with Crippen LogP contribution in [0.1, 0.15) is 36.2 Å². The monoisotopic (exact) mass is 218 g/mol. The third kappa shape index (κ3) is 2.25. The lowest BCUT2D eigenvalue weighted by atomic mass is 10.0. The number of hydrogen-bond acceptors (Lipinski definition) is 2. The maximum absolute atomic E-state index is 12.0. The molecule has 1 aliphatic rings. The summed E-state index contributed by atoms with van der Waals surface area (Å²) < 4.78 is 0. The van der Waals surface area contributed by atoms with Gasteiger partial charge in [0.05, 0.1) is 0 Å². The second kappa shape index (κ2) is 3.91. The van der Waals surface area contributed by atoms with Crippen molar-refractivity contribution in [1.82, 2.24) is 4.90 Å². The number of nitrogens with zero attached hydrogens (tertiary/aromatic N) is 1. The highest BCUT2D eigenvalue weighted by Gasteiger charge is 2.27. The van der Waals surface area contributed by atoms with Crippen LogP contribution in [0.15, 0.2) is 24.3 Å². The molecule has 0 radical (unpaired) electrons. The number of hydrogen-bond donors (Lipinski definition) is 1. The Hall–Kier alpha value is -1.35. The molecule has 0 bridgehead atoms. The lowest BCUT2D eigenvalue weighted by molar-refractivity contribution is 0.0769. The number of carbonyl (C=O) groups is 1. The normalized spacial score (nSPS) is 15.4. The maximum atomic E-state index is 12.0. The Labute approximate surface area is 96.2 Å². The summed E-state index contributed by atoms with van der Waals surface area (Å²) in [6.07, 6.45) is 0.826. The molecule has 0 saturated carbocycles. The van der Waals surface area contributed by atoms with E-state index in [1.54, 1.807) is 0 Å². The Balaban J connectivity index is 2.05. The quantitative estimate of drug-likeness (QED) is 0.840. The molecule has 0 aromatic heterocycles. The molecule has 0 aliphatic carbocycles. The second-order valence-electron chi connectivity index (χ2n) is 5.12. The van der Waals surface area contributed by atoms with Crippen molar-refractivity contribution in [3.05, 3.63) is 35.4 Å². The molecule has 1 aromatic carbocycles. The fraction of sp³-hybridized carbons (Fsp3) is 0.462. The number of benzene rings is 1. The van der Waals surface area contributed by atoms with Gasteiger partial charge in [0.25, 0.3) is 5.91 Å². The van der Waals surface area contributed by atoms with Crippen molar-refractivity contribution >= 4 is 5.91 Å². The number of amides is 1. The molecule has 1 amide bonds. The van der Waals surface area contributed by atoms with E-state index in [4.69, 9.17) is 5.73 Å². The Bertz CT molecular complexity index is 407. The van der Waals surface area contributed by atoms with Gasteiger partial charge < -0.3 is 10.6 Å². The molecule has 86 valence electrons. The zero-order valence-electron chi connectivity index (χ0n) is 9.86. The first-order chi connectivity index (χ1) is 7.47. The largest absolute Gasteiger partial charge is 0.334 e. The first-order valence-corrected chi connectivity index (χ1v) is 5.63. The molecule has 16 heavy (non-hydrogen) atoms. The molecular weight excluding hydrogens is 200 g/mol. The van der Waals surface area contributed by atoms with Gasteiger partial charge in [-0.1, -0.05) is 18.2 Å². The van der Waals surface area contributed by atoms with Gasteiger partial charge in [-0.05, 0) is 31.9 Å². The summed E-state index contributed by atoms with van der Waals surface area (Å²) in [4.78, 5) is 13.9. The molecule has 0 fully saturated rings. The van der Waals surface area contributed by atoms with Gasteiger partial charge in [-0.3, -0.25) is 4.79 Å². The summed E-state index contributed by atoms with van der Waals surface area (Å²) >= 11 is 0. The molecule has 3 heteroatoms. The van der Waals surface area contributed by atoms with Crippen LogP contribution in [-0.4, -0.2) is 22.9 Å². The Morgan fingerprint density at radius 2 is 2.06 bits per heavy atom. The Morgan fingerprint density at radius 3 is 2.69 bits per heavy atom. The number of fused-ring (bicyclic) bond motifs is 1. The van der Waals surface area contributed by atoms with E-state index in [9.17, 15) is 4.79 Å². The van der Waals surface area contributed by atoms with Gasteiger partial charge in [-0.2, -0.15) is 0 Å². The Morgan fingerprint density at radius 1 is 1.38 bits per heavy atom. The lowest BCUT2D eigenvalue weighted by Gasteiger charge is -2.23. The van der Waals surface area contributed by atoms with E-state index < -0.39 is 0 Å². The fourth-order valence-corrected chi connectivity index (χ4v) is 1.92. The van der Waals surface area contributed by atoms with Crippen LogP contribution in [-0.2, 0) is 6.54 Å². The van der Waals surface area contributed by atoms with Crippen molar-refractivity contribution in [3.8, 4) is 0 Å². The molecule has 0 atom stereocenters. The second-order valence-corrected chi connectivity index (χ2v) is 5.12. The topological polar surface area (TPSA) is 46.3 Å². The summed E-state index contributed by atoms with van der Waals surface area (Å²) in [5.41, 5.74) is 7.68. The predicted octanol–water partition coefficient (Wildman–Crippen LogP) is 1.77. The van der Waals surface area contributed by atoms with E-state index in [0.29, 0.717) is 0 Å². The van der Waals surface area contributed by atoms with Gasteiger partial charge in [-0.25, -0.2) is 0 Å². The van der Waals surface area contributed by atoms with E-state index in [2.05, 4.69) is 0 Å². The fourth-order valence-electron chi connectivity index (χ4n) is 1.92. The molecule has 1 heterocycles. The number of carbonyl (C=O) groups excluding carboxylic acids is 1. The molecule has 1 aliphatic heterocycles. The third-order valence-corrected chi connectivity index (χ3v) is 2.92.